The average Bonchev–Trinajstić information content (AvgIpc) is 2.68. The summed E-state index contributed by atoms with van der Waals surface area (Å²) in [6.45, 7) is 1.48. The van der Waals surface area contributed by atoms with Crippen LogP contribution in [-0.4, -0.2) is 32.2 Å². The standard InChI is InChI=1S/C9H13NO3S2/c1-6(11)15-3-2-8(12)9(13)7-4-14-5-10-7/h4-5,8-9,12-13H,2-3H2,1H3. The van der Waals surface area contributed by atoms with Gasteiger partial charge in [0.25, 0.3) is 0 Å². The molecule has 15 heavy (non-hydrogen) atoms. The number of carbonyl (C=O) groups is 1. The third-order valence-electron chi connectivity index (χ3n) is 1.84. The molecule has 0 radical (unpaired) electrons. The highest BCUT2D eigenvalue weighted by atomic mass is 32.2. The van der Waals surface area contributed by atoms with E-state index in [9.17, 15) is 15.0 Å². The van der Waals surface area contributed by atoms with Crippen LogP contribution in [0.5, 0.6) is 0 Å². The predicted octanol–water partition coefficient (Wildman–Crippen LogP) is 1.21. The zero-order valence-corrected chi connectivity index (χ0v) is 9.92. The maximum Gasteiger partial charge on any atom is 0.185 e. The summed E-state index contributed by atoms with van der Waals surface area (Å²) in [5, 5.41) is 21.0. The fourth-order valence-corrected chi connectivity index (χ4v) is 2.28. The van der Waals surface area contributed by atoms with Crippen molar-refractivity contribution in [3.05, 3.63) is 16.6 Å². The number of aliphatic hydroxyl groups is 2. The second-order valence-corrected chi connectivity index (χ2v) is 5.04. The van der Waals surface area contributed by atoms with Crippen LogP contribution in [0.2, 0.25) is 0 Å². The van der Waals surface area contributed by atoms with E-state index in [0.29, 0.717) is 17.9 Å². The number of nitrogens with zero attached hydrogens (tertiary/aromatic N) is 1. The normalized spacial score (nSPS) is 14.9. The van der Waals surface area contributed by atoms with Gasteiger partial charge in [0.1, 0.15) is 6.10 Å². The quantitative estimate of drug-likeness (QED) is 0.818. The molecule has 2 unspecified atom stereocenters. The number of aliphatic hydroxyl groups excluding tert-OH is 2. The molecular formula is C9H13NO3S2. The molecule has 84 valence electrons. The van der Waals surface area contributed by atoms with E-state index < -0.39 is 12.2 Å². The molecule has 0 aliphatic heterocycles. The summed E-state index contributed by atoms with van der Waals surface area (Å²) in [7, 11) is 0. The second-order valence-electron chi connectivity index (χ2n) is 3.05. The van der Waals surface area contributed by atoms with Gasteiger partial charge in [-0.15, -0.1) is 11.3 Å². The number of thioether (sulfide) groups is 1. The van der Waals surface area contributed by atoms with E-state index in [4.69, 9.17) is 0 Å². The van der Waals surface area contributed by atoms with Gasteiger partial charge in [-0.1, -0.05) is 11.8 Å². The zero-order valence-electron chi connectivity index (χ0n) is 8.29. The molecule has 0 saturated heterocycles. The molecule has 1 aromatic heterocycles. The van der Waals surface area contributed by atoms with Gasteiger partial charge in [0.05, 0.1) is 17.3 Å². The van der Waals surface area contributed by atoms with E-state index in [2.05, 4.69) is 4.98 Å². The monoisotopic (exact) mass is 247 g/mol. The summed E-state index contributed by atoms with van der Waals surface area (Å²) in [6, 6.07) is 0. The molecular weight excluding hydrogens is 234 g/mol. The Labute approximate surface area is 96.4 Å². The third kappa shape index (κ3) is 4.29. The fourth-order valence-electron chi connectivity index (χ4n) is 1.05. The maximum atomic E-state index is 10.6. The molecule has 0 bridgehead atoms. The summed E-state index contributed by atoms with van der Waals surface area (Å²) < 4.78 is 0. The van der Waals surface area contributed by atoms with Crippen LogP contribution in [0, 0.1) is 0 Å². The molecule has 1 rings (SSSR count). The Balaban J connectivity index is 2.33. The molecule has 0 fully saturated rings. The summed E-state index contributed by atoms with van der Waals surface area (Å²) in [4.78, 5) is 14.5. The van der Waals surface area contributed by atoms with Crippen molar-refractivity contribution in [3.8, 4) is 0 Å². The molecule has 0 aromatic carbocycles. The van der Waals surface area contributed by atoms with Crippen molar-refractivity contribution in [2.45, 2.75) is 25.6 Å². The van der Waals surface area contributed by atoms with Gasteiger partial charge in [0, 0.05) is 18.1 Å². The number of rotatable bonds is 5. The Hall–Kier alpha value is -0.430. The molecule has 2 N–H and O–H groups in total. The summed E-state index contributed by atoms with van der Waals surface area (Å²) in [5.41, 5.74) is 2.09. The molecule has 6 heteroatoms. The Morgan fingerprint density at radius 2 is 2.40 bits per heavy atom. The van der Waals surface area contributed by atoms with Gasteiger partial charge in [-0.05, 0) is 6.42 Å². The molecule has 0 aliphatic rings. The van der Waals surface area contributed by atoms with Gasteiger partial charge in [-0.25, -0.2) is 4.98 Å². The topological polar surface area (TPSA) is 70.4 Å². The Bertz CT molecular complexity index is 302. The molecule has 0 amide bonds. The molecule has 1 aromatic rings. The van der Waals surface area contributed by atoms with Crippen LogP contribution in [0.25, 0.3) is 0 Å². The molecule has 1 heterocycles. The minimum atomic E-state index is -0.955. The smallest absolute Gasteiger partial charge is 0.185 e. The Morgan fingerprint density at radius 1 is 1.67 bits per heavy atom. The summed E-state index contributed by atoms with van der Waals surface area (Å²) in [6.07, 6.45) is -1.44. The number of thiazole rings is 1. The first-order valence-corrected chi connectivity index (χ1v) is 6.41. The minimum Gasteiger partial charge on any atom is -0.390 e. The van der Waals surface area contributed by atoms with E-state index >= 15 is 0 Å². The van der Waals surface area contributed by atoms with E-state index in [1.807, 2.05) is 0 Å². The van der Waals surface area contributed by atoms with Crippen molar-refractivity contribution in [2.75, 3.05) is 5.75 Å². The van der Waals surface area contributed by atoms with E-state index in [-0.39, 0.29) is 5.12 Å². The van der Waals surface area contributed by atoms with Crippen LogP contribution < -0.4 is 0 Å². The third-order valence-corrected chi connectivity index (χ3v) is 3.29. The lowest BCUT2D eigenvalue weighted by molar-refractivity contribution is -0.109. The largest absolute Gasteiger partial charge is 0.390 e. The van der Waals surface area contributed by atoms with Gasteiger partial charge in [-0.2, -0.15) is 0 Å². The molecule has 0 spiro atoms. The lowest BCUT2D eigenvalue weighted by atomic mass is 10.1. The van der Waals surface area contributed by atoms with Crippen molar-refractivity contribution in [1.82, 2.24) is 4.98 Å². The van der Waals surface area contributed by atoms with E-state index in [1.165, 1.54) is 18.3 Å². The minimum absolute atomic E-state index is 0.0188. The number of aromatic nitrogens is 1. The van der Waals surface area contributed by atoms with Gasteiger partial charge in [0.15, 0.2) is 5.12 Å². The lowest BCUT2D eigenvalue weighted by Gasteiger charge is -2.15. The summed E-state index contributed by atoms with van der Waals surface area (Å²) in [5.74, 6) is 0.512. The van der Waals surface area contributed by atoms with Crippen molar-refractivity contribution < 1.29 is 15.0 Å². The fraction of sp³-hybridized carbons (Fsp3) is 0.556. The number of carbonyl (C=O) groups excluding carboxylic acids is 1. The van der Waals surface area contributed by atoms with Crippen LogP contribution in [0.15, 0.2) is 10.9 Å². The lowest BCUT2D eigenvalue weighted by Crippen LogP contribution is -2.19. The van der Waals surface area contributed by atoms with Gasteiger partial charge < -0.3 is 10.2 Å². The molecule has 4 nitrogen and oxygen atoms in total. The highest BCUT2D eigenvalue weighted by Gasteiger charge is 2.19. The van der Waals surface area contributed by atoms with Crippen molar-refractivity contribution in [2.24, 2.45) is 0 Å². The van der Waals surface area contributed by atoms with Crippen LogP contribution in [0.1, 0.15) is 25.1 Å². The number of hydrogen-bond acceptors (Lipinski definition) is 6. The van der Waals surface area contributed by atoms with Gasteiger partial charge in [0.2, 0.25) is 0 Å². The van der Waals surface area contributed by atoms with Crippen molar-refractivity contribution >= 4 is 28.2 Å². The zero-order chi connectivity index (χ0) is 11.3. The average molecular weight is 247 g/mol. The van der Waals surface area contributed by atoms with Crippen LogP contribution in [0.4, 0.5) is 0 Å². The van der Waals surface area contributed by atoms with Crippen LogP contribution in [0.3, 0.4) is 0 Å². The second kappa shape index (κ2) is 6.22. The first kappa shape index (κ1) is 12.6. The van der Waals surface area contributed by atoms with E-state index in [1.54, 1.807) is 10.9 Å². The Kier molecular flexibility index (Phi) is 5.24. The molecule has 0 saturated carbocycles. The van der Waals surface area contributed by atoms with E-state index in [0.717, 1.165) is 11.8 Å². The van der Waals surface area contributed by atoms with Crippen molar-refractivity contribution in [3.63, 3.8) is 0 Å². The number of hydrogen-bond donors (Lipinski definition) is 2. The first-order chi connectivity index (χ1) is 7.11. The van der Waals surface area contributed by atoms with Gasteiger partial charge in [-0.3, -0.25) is 4.79 Å². The van der Waals surface area contributed by atoms with Crippen LogP contribution >= 0.6 is 23.1 Å². The predicted molar refractivity (Wildman–Crippen MR) is 60.8 cm³/mol. The van der Waals surface area contributed by atoms with Gasteiger partial charge >= 0.3 is 0 Å². The first-order valence-electron chi connectivity index (χ1n) is 4.49. The molecule has 0 aliphatic carbocycles. The maximum absolute atomic E-state index is 10.6. The van der Waals surface area contributed by atoms with Crippen LogP contribution in [-0.2, 0) is 4.79 Å². The highest BCUT2D eigenvalue weighted by Crippen LogP contribution is 2.20. The summed E-state index contributed by atoms with van der Waals surface area (Å²) >= 11 is 2.52. The SMILES string of the molecule is CC(=O)SCCC(O)C(O)c1cscn1. The molecule has 2 atom stereocenters. The van der Waals surface area contributed by atoms with Crippen molar-refractivity contribution in [1.29, 1.82) is 0 Å². The highest BCUT2D eigenvalue weighted by molar-refractivity contribution is 8.13. The Morgan fingerprint density at radius 3 is 2.93 bits per heavy atom.